The summed E-state index contributed by atoms with van der Waals surface area (Å²) >= 11 is 6.09. The number of furan rings is 1. The van der Waals surface area contributed by atoms with Crippen LogP contribution in [0.25, 0.3) is 17.4 Å². The second-order valence-corrected chi connectivity index (χ2v) is 6.92. The number of benzene rings is 1. The highest BCUT2D eigenvalue weighted by molar-refractivity contribution is 8.26. The van der Waals surface area contributed by atoms with Gasteiger partial charge in [0.25, 0.3) is 5.91 Å². The van der Waals surface area contributed by atoms with E-state index < -0.39 is 23.7 Å². The van der Waals surface area contributed by atoms with Crippen LogP contribution in [0.5, 0.6) is 0 Å². The van der Waals surface area contributed by atoms with E-state index >= 15 is 0 Å². The van der Waals surface area contributed by atoms with Gasteiger partial charge in [0.1, 0.15) is 27.7 Å². The zero-order chi connectivity index (χ0) is 18.1. The Bertz CT molecular complexity index is 906. The van der Waals surface area contributed by atoms with Gasteiger partial charge in [0.05, 0.1) is 10.5 Å². The van der Waals surface area contributed by atoms with Gasteiger partial charge >= 0.3 is 5.97 Å². The Kier molecular flexibility index (Phi) is 4.73. The highest BCUT2D eigenvalue weighted by atomic mass is 32.2. The first kappa shape index (κ1) is 17.4. The molecule has 3 rings (SSSR count). The molecule has 1 aromatic heterocycles. The number of rotatable bonds is 4. The second kappa shape index (κ2) is 6.81. The SMILES string of the molecule is C[C@H](C(=O)O)N1C(=O)/C(=C\c2ccc(-c3ccccc3F)o2)SC1=S. The van der Waals surface area contributed by atoms with Crippen molar-refractivity contribution in [1.82, 2.24) is 4.90 Å². The van der Waals surface area contributed by atoms with Gasteiger partial charge in [0.15, 0.2) is 0 Å². The monoisotopic (exact) mass is 377 g/mol. The van der Waals surface area contributed by atoms with Crippen molar-refractivity contribution < 1.29 is 23.5 Å². The fourth-order valence-electron chi connectivity index (χ4n) is 2.29. The largest absolute Gasteiger partial charge is 0.480 e. The van der Waals surface area contributed by atoms with Crippen LogP contribution in [0, 0.1) is 5.82 Å². The maximum absolute atomic E-state index is 13.8. The van der Waals surface area contributed by atoms with Crippen molar-refractivity contribution in [2.45, 2.75) is 13.0 Å². The Hall–Kier alpha value is -2.45. The second-order valence-electron chi connectivity index (χ2n) is 5.25. The van der Waals surface area contributed by atoms with Gasteiger partial charge in [-0.1, -0.05) is 36.1 Å². The summed E-state index contributed by atoms with van der Waals surface area (Å²) in [7, 11) is 0. The highest BCUT2D eigenvalue weighted by Crippen LogP contribution is 2.35. The smallest absolute Gasteiger partial charge is 0.326 e. The van der Waals surface area contributed by atoms with Gasteiger partial charge < -0.3 is 9.52 Å². The number of amides is 1. The molecule has 1 fully saturated rings. The molecule has 8 heteroatoms. The van der Waals surface area contributed by atoms with Crippen molar-refractivity contribution in [3.63, 3.8) is 0 Å². The first-order valence-corrected chi connectivity index (χ1v) is 8.45. The third kappa shape index (κ3) is 3.35. The zero-order valence-corrected chi connectivity index (χ0v) is 14.6. The predicted molar refractivity (Wildman–Crippen MR) is 96.2 cm³/mol. The average molecular weight is 377 g/mol. The fraction of sp³-hybridized carbons (Fsp3) is 0.118. The van der Waals surface area contributed by atoms with Gasteiger partial charge in [-0.25, -0.2) is 9.18 Å². The number of hydrogen-bond acceptors (Lipinski definition) is 5. The summed E-state index contributed by atoms with van der Waals surface area (Å²) in [4.78, 5) is 24.8. The summed E-state index contributed by atoms with van der Waals surface area (Å²) in [6.07, 6.45) is 1.47. The minimum Gasteiger partial charge on any atom is -0.480 e. The van der Waals surface area contributed by atoms with Gasteiger partial charge in [0, 0.05) is 6.08 Å². The Balaban J connectivity index is 1.88. The van der Waals surface area contributed by atoms with Crippen molar-refractivity contribution in [3.05, 3.63) is 52.9 Å². The van der Waals surface area contributed by atoms with Crippen molar-refractivity contribution in [1.29, 1.82) is 0 Å². The molecule has 1 amide bonds. The van der Waals surface area contributed by atoms with Gasteiger partial charge in [0.2, 0.25) is 0 Å². The van der Waals surface area contributed by atoms with Crippen LogP contribution in [0.2, 0.25) is 0 Å². The summed E-state index contributed by atoms with van der Waals surface area (Å²) in [6.45, 7) is 1.39. The maximum atomic E-state index is 13.8. The van der Waals surface area contributed by atoms with Crippen LogP contribution in [-0.4, -0.2) is 32.2 Å². The molecule has 0 aliphatic carbocycles. The van der Waals surface area contributed by atoms with E-state index in [-0.39, 0.29) is 9.23 Å². The molecule has 0 unspecified atom stereocenters. The molecule has 2 aromatic rings. The molecule has 0 saturated carbocycles. The van der Waals surface area contributed by atoms with Crippen LogP contribution >= 0.6 is 24.0 Å². The summed E-state index contributed by atoms with van der Waals surface area (Å²) in [6, 6.07) is 8.35. The standard InChI is InChI=1S/C17H12FNO4S2/c1-9(16(21)22)19-15(20)14(25-17(19)24)8-10-6-7-13(23-10)11-4-2-3-5-12(11)18/h2-9H,1H3,(H,21,22)/b14-8+/t9-/m1/s1. The molecular formula is C17H12FNO4S2. The lowest BCUT2D eigenvalue weighted by molar-refractivity contribution is -0.144. The number of thiocarbonyl (C=S) groups is 1. The first-order valence-electron chi connectivity index (χ1n) is 7.23. The van der Waals surface area contributed by atoms with Crippen LogP contribution < -0.4 is 0 Å². The molecule has 0 spiro atoms. The molecule has 1 aliphatic rings. The van der Waals surface area contributed by atoms with Crippen molar-refractivity contribution in [3.8, 4) is 11.3 Å². The number of carboxylic acid groups (broad SMARTS) is 1. The molecule has 1 aliphatic heterocycles. The van der Waals surface area contributed by atoms with Gasteiger partial charge in [-0.05, 0) is 31.2 Å². The van der Waals surface area contributed by atoms with Crippen LogP contribution in [0.4, 0.5) is 4.39 Å². The third-order valence-corrected chi connectivity index (χ3v) is 4.94. The van der Waals surface area contributed by atoms with E-state index in [1.54, 1.807) is 30.3 Å². The summed E-state index contributed by atoms with van der Waals surface area (Å²) < 4.78 is 19.6. The van der Waals surface area contributed by atoms with E-state index in [4.69, 9.17) is 21.7 Å². The number of thioether (sulfide) groups is 1. The Morgan fingerprint density at radius 1 is 1.36 bits per heavy atom. The number of nitrogens with zero attached hydrogens (tertiary/aromatic N) is 1. The lowest BCUT2D eigenvalue weighted by Gasteiger charge is -2.18. The van der Waals surface area contributed by atoms with Crippen LogP contribution in [-0.2, 0) is 9.59 Å². The van der Waals surface area contributed by atoms with Gasteiger partial charge in [-0.15, -0.1) is 0 Å². The highest BCUT2D eigenvalue weighted by Gasteiger charge is 2.38. The molecule has 1 atom stereocenters. The third-order valence-electron chi connectivity index (χ3n) is 3.61. The van der Waals surface area contributed by atoms with E-state index in [0.29, 0.717) is 17.1 Å². The summed E-state index contributed by atoms with van der Waals surface area (Å²) in [5.41, 5.74) is 0.314. The number of carbonyl (C=O) groups excluding carboxylic acids is 1. The number of halogens is 1. The van der Waals surface area contributed by atoms with Crippen LogP contribution in [0.15, 0.2) is 45.7 Å². The topological polar surface area (TPSA) is 70.8 Å². The van der Waals surface area contributed by atoms with E-state index in [1.165, 1.54) is 19.1 Å². The molecular weight excluding hydrogens is 365 g/mol. The van der Waals surface area contributed by atoms with Crippen molar-refractivity contribution in [2.24, 2.45) is 0 Å². The minimum atomic E-state index is -1.14. The first-order chi connectivity index (χ1) is 11.9. The average Bonchev–Trinajstić information content (AvgIpc) is 3.13. The molecule has 1 saturated heterocycles. The molecule has 1 aromatic carbocycles. The summed E-state index contributed by atoms with van der Waals surface area (Å²) in [5.74, 6) is -1.36. The van der Waals surface area contributed by atoms with Crippen LogP contribution in [0.3, 0.4) is 0 Å². The number of hydrogen-bond donors (Lipinski definition) is 1. The Morgan fingerprint density at radius 2 is 2.08 bits per heavy atom. The fourth-order valence-corrected chi connectivity index (χ4v) is 3.69. The normalized spacial score (nSPS) is 17.4. The maximum Gasteiger partial charge on any atom is 0.326 e. The molecule has 5 nitrogen and oxygen atoms in total. The van der Waals surface area contributed by atoms with Gasteiger partial charge in [-0.3, -0.25) is 9.69 Å². The Morgan fingerprint density at radius 3 is 2.76 bits per heavy atom. The molecule has 0 bridgehead atoms. The lowest BCUT2D eigenvalue weighted by atomic mass is 10.1. The number of carbonyl (C=O) groups is 2. The van der Waals surface area contributed by atoms with Crippen molar-refractivity contribution in [2.75, 3.05) is 0 Å². The Labute approximate surface area is 152 Å². The molecule has 25 heavy (non-hydrogen) atoms. The molecule has 2 heterocycles. The quantitative estimate of drug-likeness (QED) is 0.646. The van der Waals surface area contributed by atoms with E-state index in [2.05, 4.69) is 0 Å². The minimum absolute atomic E-state index is 0.173. The lowest BCUT2D eigenvalue weighted by Crippen LogP contribution is -2.41. The van der Waals surface area contributed by atoms with Crippen LogP contribution in [0.1, 0.15) is 12.7 Å². The van der Waals surface area contributed by atoms with Crippen molar-refractivity contribution >= 4 is 46.3 Å². The predicted octanol–water partition coefficient (Wildman–Crippen LogP) is 3.76. The summed E-state index contributed by atoms with van der Waals surface area (Å²) in [5, 5.41) is 9.07. The van der Waals surface area contributed by atoms with E-state index in [0.717, 1.165) is 16.7 Å². The molecule has 128 valence electrons. The van der Waals surface area contributed by atoms with E-state index in [1.807, 2.05) is 0 Å². The number of aliphatic carboxylic acids is 1. The van der Waals surface area contributed by atoms with E-state index in [9.17, 15) is 14.0 Å². The molecule has 0 radical (unpaired) electrons. The zero-order valence-electron chi connectivity index (χ0n) is 12.9. The molecule has 1 N–H and O–H groups in total. The van der Waals surface area contributed by atoms with Gasteiger partial charge in [-0.2, -0.15) is 0 Å². The number of carboxylic acids is 1.